The van der Waals surface area contributed by atoms with Crippen molar-refractivity contribution in [2.75, 3.05) is 26.2 Å². The predicted molar refractivity (Wildman–Crippen MR) is 117 cm³/mol. The fourth-order valence-electron chi connectivity index (χ4n) is 3.69. The van der Waals surface area contributed by atoms with E-state index in [1.165, 1.54) is 35.2 Å². The zero-order chi connectivity index (χ0) is 18.5. The van der Waals surface area contributed by atoms with Crippen LogP contribution in [0.15, 0.2) is 64.0 Å². The van der Waals surface area contributed by atoms with Gasteiger partial charge in [0.15, 0.2) is 0 Å². The standard InChI is InChI=1S/C22H24BrN3S/c23-21-4-2-19(3-5-21)22-6-8-24-14-20(22)16-26-10-1-9-25(11-12-26)15-18-7-13-27-17-18/h2-8,13-14,17H,1,9-12,15-16H2. The normalized spacial score (nSPS) is 16.3. The fourth-order valence-corrected chi connectivity index (χ4v) is 4.61. The molecule has 1 fully saturated rings. The van der Waals surface area contributed by atoms with Gasteiger partial charge in [-0.25, -0.2) is 0 Å². The van der Waals surface area contributed by atoms with Crippen molar-refractivity contribution in [1.82, 2.24) is 14.8 Å². The maximum atomic E-state index is 4.40. The van der Waals surface area contributed by atoms with Gasteiger partial charge in [-0.05, 0) is 76.8 Å². The van der Waals surface area contributed by atoms with Gasteiger partial charge in [-0.15, -0.1) is 0 Å². The zero-order valence-electron chi connectivity index (χ0n) is 15.4. The molecule has 0 atom stereocenters. The first-order valence-electron chi connectivity index (χ1n) is 9.42. The molecule has 3 heterocycles. The summed E-state index contributed by atoms with van der Waals surface area (Å²) in [5.41, 5.74) is 5.30. The number of hydrogen-bond donors (Lipinski definition) is 0. The highest BCUT2D eigenvalue weighted by Crippen LogP contribution is 2.26. The molecular weight excluding hydrogens is 418 g/mol. The highest BCUT2D eigenvalue weighted by atomic mass is 79.9. The molecule has 0 N–H and O–H groups in total. The maximum absolute atomic E-state index is 4.40. The smallest absolute Gasteiger partial charge is 0.0319 e. The molecule has 4 rings (SSSR count). The molecule has 0 unspecified atom stereocenters. The predicted octanol–water partition coefficient (Wildman–Crippen LogP) is 5.28. The van der Waals surface area contributed by atoms with Gasteiger partial charge in [0.2, 0.25) is 0 Å². The summed E-state index contributed by atoms with van der Waals surface area (Å²) in [5, 5.41) is 4.44. The molecule has 1 aliphatic rings. The number of hydrogen-bond acceptors (Lipinski definition) is 4. The lowest BCUT2D eigenvalue weighted by Crippen LogP contribution is -2.30. The topological polar surface area (TPSA) is 19.4 Å². The minimum Gasteiger partial charge on any atom is -0.298 e. The minimum absolute atomic E-state index is 0.964. The van der Waals surface area contributed by atoms with E-state index in [1.807, 2.05) is 12.4 Å². The lowest BCUT2D eigenvalue weighted by Gasteiger charge is -2.22. The first-order valence-corrected chi connectivity index (χ1v) is 11.2. The maximum Gasteiger partial charge on any atom is 0.0319 e. The summed E-state index contributed by atoms with van der Waals surface area (Å²) in [6, 6.07) is 12.9. The lowest BCUT2D eigenvalue weighted by atomic mass is 10.0. The van der Waals surface area contributed by atoms with Crippen LogP contribution in [0.1, 0.15) is 17.5 Å². The number of nitrogens with zero attached hydrogens (tertiary/aromatic N) is 3. The molecule has 1 saturated heterocycles. The Kier molecular flexibility index (Phi) is 6.35. The molecule has 140 valence electrons. The second-order valence-electron chi connectivity index (χ2n) is 7.08. The minimum atomic E-state index is 0.964. The largest absolute Gasteiger partial charge is 0.298 e. The van der Waals surface area contributed by atoms with E-state index >= 15 is 0 Å². The van der Waals surface area contributed by atoms with Gasteiger partial charge in [0.05, 0.1) is 0 Å². The van der Waals surface area contributed by atoms with Gasteiger partial charge in [0.25, 0.3) is 0 Å². The Bertz CT molecular complexity index is 848. The van der Waals surface area contributed by atoms with E-state index in [0.29, 0.717) is 0 Å². The van der Waals surface area contributed by atoms with Gasteiger partial charge in [0.1, 0.15) is 0 Å². The van der Waals surface area contributed by atoms with Gasteiger partial charge in [-0.3, -0.25) is 14.8 Å². The molecule has 0 amide bonds. The Labute approximate surface area is 173 Å². The molecule has 0 radical (unpaired) electrons. The molecular formula is C22H24BrN3S. The molecule has 3 aromatic rings. The summed E-state index contributed by atoms with van der Waals surface area (Å²) in [6.45, 7) is 6.61. The number of pyridine rings is 1. The summed E-state index contributed by atoms with van der Waals surface area (Å²) in [4.78, 5) is 9.56. The van der Waals surface area contributed by atoms with E-state index in [-0.39, 0.29) is 0 Å². The molecule has 27 heavy (non-hydrogen) atoms. The highest BCUT2D eigenvalue weighted by molar-refractivity contribution is 9.10. The summed E-state index contributed by atoms with van der Waals surface area (Å²) in [5.74, 6) is 0. The number of benzene rings is 1. The first kappa shape index (κ1) is 18.8. The van der Waals surface area contributed by atoms with E-state index in [2.05, 4.69) is 77.9 Å². The van der Waals surface area contributed by atoms with Crippen molar-refractivity contribution in [3.8, 4) is 11.1 Å². The Hall–Kier alpha value is -1.53. The van der Waals surface area contributed by atoms with Crippen molar-refractivity contribution in [3.63, 3.8) is 0 Å². The van der Waals surface area contributed by atoms with Gasteiger partial charge in [0, 0.05) is 43.0 Å². The van der Waals surface area contributed by atoms with Crippen molar-refractivity contribution >= 4 is 27.3 Å². The first-order chi connectivity index (χ1) is 13.3. The molecule has 1 aliphatic heterocycles. The number of aromatic nitrogens is 1. The Balaban J connectivity index is 1.43. The molecule has 5 heteroatoms. The number of thiophene rings is 1. The summed E-state index contributed by atoms with van der Waals surface area (Å²) < 4.78 is 1.11. The van der Waals surface area contributed by atoms with E-state index < -0.39 is 0 Å². The van der Waals surface area contributed by atoms with Crippen molar-refractivity contribution in [2.24, 2.45) is 0 Å². The van der Waals surface area contributed by atoms with E-state index in [1.54, 1.807) is 11.3 Å². The van der Waals surface area contributed by atoms with Crippen molar-refractivity contribution < 1.29 is 0 Å². The van der Waals surface area contributed by atoms with Crippen LogP contribution in [0.2, 0.25) is 0 Å². The summed E-state index contributed by atoms with van der Waals surface area (Å²) >= 11 is 5.32. The van der Waals surface area contributed by atoms with Gasteiger partial charge in [-0.2, -0.15) is 11.3 Å². The molecule has 3 nitrogen and oxygen atoms in total. The van der Waals surface area contributed by atoms with E-state index in [0.717, 1.165) is 37.2 Å². The van der Waals surface area contributed by atoms with Gasteiger partial charge < -0.3 is 0 Å². The lowest BCUT2D eigenvalue weighted by molar-refractivity contribution is 0.247. The molecule has 0 spiro atoms. The SMILES string of the molecule is Brc1ccc(-c2ccncc2CN2CCCN(Cc3ccsc3)CC2)cc1. The van der Waals surface area contributed by atoms with Crippen molar-refractivity contribution in [2.45, 2.75) is 19.5 Å². The van der Waals surface area contributed by atoms with E-state index in [9.17, 15) is 0 Å². The average molecular weight is 442 g/mol. The van der Waals surface area contributed by atoms with Gasteiger partial charge >= 0.3 is 0 Å². The molecule has 0 aliphatic carbocycles. The van der Waals surface area contributed by atoms with Crippen molar-refractivity contribution in [3.05, 3.63) is 75.2 Å². The zero-order valence-corrected chi connectivity index (χ0v) is 17.8. The Morgan fingerprint density at radius 1 is 0.926 bits per heavy atom. The fraction of sp³-hybridized carbons (Fsp3) is 0.318. The van der Waals surface area contributed by atoms with Crippen LogP contribution in [0.3, 0.4) is 0 Å². The van der Waals surface area contributed by atoms with E-state index in [4.69, 9.17) is 0 Å². The average Bonchev–Trinajstić information content (AvgIpc) is 3.10. The summed E-state index contributed by atoms with van der Waals surface area (Å²) in [7, 11) is 0. The van der Waals surface area contributed by atoms with Gasteiger partial charge in [-0.1, -0.05) is 28.1 Å². The molecule has 1 aromatic carbocycles. The van der Waals surface area contributed by atoms with Crippen LogP contribution in [0, 0.1) is 0 Å². The van der Waals surface area contributed by atoms with Crippen LogP contribution in [0.25, 0.3) is 11.1 Å². The van der Waals surface area contributed by atoms with Crippen LogP contribution < -0.4 is 0 Å². The number of halogens is 1. The second kappa shape index (κ2) is 9.11. The number of rotatable bonds is 5. The monoisotopic (exact) mass is 441 g/mol. The third-order valence-corrected chi connectivity index (χ3v) is 6.38. The Morgan fingerprint density at radius 3 is 2.44 bits per heavy atom. The highest BCUT2D eigenvalue weighted by Gasteiger charge is 2.17. The molecule has 0 bridgehead atoms. The van der Waals surface area contributed by atoms with Crippen LogP contribution in [-0.2, 0) is 13.1 Å². The van der Waals surface area contributed by atoms with Crippen LogP contribution >= 0.6 is 27.3 Å². The Morgan fingerprint density at radius 2 is 1.70 bits per heavy atom. The van der Waals surface area contributed by atoms with Crippen LogP contribution in [0.4, 0.5) is 0 Å². The third kappa shape index (κ3) is 5.05. The van der Waals surface area contributed by atoms with Crippen LogP contribution in [-0.4, -0.2) is 41.0 Å². The second-order valence-corrected chi connectivity index (χ2v) is 8.77. The molecule has 0 saturated carbocycles. The molecule has 2 aromatic heterocycles. The van der Waals surface area contributed by atoms with Crippen LogP contribution in [0.5, 0.6) is 0 Å². The quantitative estimate of drug-likeness (QED) is 0.536. The third-order valence-electron chi connectivity index (χ3n) is 5.12. The summed E-state index contributed by atoms with van der Waals surface area (Å²) in [6.07, 6.45) is 5.15. The van der Waals surface area contributed by atoms with Crippen molar-refractivity contribution in [1.29, 1.82) is 0 Å².